The normalized spacial score (nSPS) is 11.5. The minimum absolute atomic E-state index is 0.144. The Hall–Kier alpha value is -1.01. The number of carbonyl (C=O) groups excluding carboxylic acids is 1. The smallest absolute Gasteiger partial charge is 0.305 e. The molecule has 0 aliphatic heterocycles. The van der Waals surface area contributed by atoms with Gasteiger partial charge in [-0.05, 0) is 12.8 Å². The quantitative estimate of drug-likeness (QED) is 0.0648. The van der Waals surface area contributed by atoms with Crippen LogP contribution < -0.4 is 0 Å². The highest BCUT2D eigenvalue weighted by molar-refractivity contribution is 5.69. The maximum atomic E-state index is 11.7. The van der Waals surface area contributed by atoms with Gasteiger partial charge in [-0.2, -0.15) is 0 Å². The summed E-state index contributed by atoms with van der Waals surface area (Å²) < 4.78 is 70.8. The number of carbonyl (C=O) groups is 1. The van der Waals surface area contributed by atoms with E-state index >= 15 is 0 Å². The lowest BCUT2D eigenvalue weighted by atomic mass is 10.1. The number of hydrogen-bond acceptors (Lipinski definition) is 14. The summed E-state index contributed by atoms with van der Waals surface area (Å²) in [6.07, 6.45) is 9.66. The number of rotatable bonds is 46. The molecule has 14 heteroatoms. The topological polar surface area (TPSA) is 137 Å². The minimum atomic E-state index is -0.144. The molecule has 0 saturated carbocycles. The third-order valence-corrected chi connectivity index (χ3v) is 6.96. The van der Waals surface area contributed by atoms with E-state index in [1.165, 1.54) is 25.7 Å². The average molecular weight is 743 g/mol. The molecule has 0 bridgehead atoms. The van der Waals surface area contributed by atoms with Gasteiger partial charge in [-0.25, -0.2) is 0 Å². The van der Waals surface area contributed by atoms with Gasteiger partial charge in [0, 0.05) is 13.0 Å². The molecular formula is C37H74O14. The minimum Gasteiger partial charge on any atom is -0.463 e. The fourth-order valence-corrected chi connectivity index (χ4v) is 4.10. The largest absolute Gasteiger partial charge is 0.463 e. The molecule has 0 atom stereocenters. The fourth-order valence-electron chi connectivity index (χ4n) is 4.10. The number of unbranched alkanes of at least 4 members (excludes halogenated alkanes) is 6. The molecule has 0 amide bonds. The van der Waals surface area contributed by atoms with E-state index in [9.17, 15) is 4.79 Å². The second-order valence-corrected chi connectivity index (χ2v) is 11.4. The first kappa shape index (κ1) is 50.0. The van der Waals surface area contributed by atoms with Crippen LogP contribution in [0.2, 0.25) is 0 Å². The molecule has 14 nitrogen and oxygen atoms in total. The summed E-state index contributed by atoms with van der Waals surface area (Å²) >= 11 is 0. The molecule has 0 aromatic heterocycles. The zero-order valence-electron chi connectivity index (χ0n) is 32.3. The van der Waals surface area contributed by atoms with E-state index in [0.717, 1.165) is 32.3 Å². The Kier molecular flexibility index (Phi) is 46.1. The molecule has 306 valence electrons. The zero-order chi connectivity index (χ0) is 36.8. The van der Waals surface area contributed by atoms with Crippen LogP contribution in [0.5, 0.6) is 0 Å². The molecule has 0 aromatic rings. The van der Waals surface area contributed by atoms with Crippen molar-refractivity contribution in [2.24, 2.45) is 0 Å². The molecule has 51 heavy (non-hydrogen) atoms. The number of hydrogen-bond donors (Lipinski definition) is 0. The maximum absolute atomic E-state index is 11.7. The van der Waals surface area contributed by atoms with Crippen LogP contribution in [-0.4, -0.2) is 171 Å². The van der Waals surface area contributed by atoms with Crippen molar-refractivity contribution in [3.05, 3.63) is 0 Å². The van der Waals surface area contributed by atoms with E-state index in [1.807, 2.05) is 0 Å². The Labute approximate surface area is 309 Å². The maximum Gasteiger partial charge on any atom is 0.305 e. The van der Waals surface area contributed by atoms with Crippen LogP contribution in [0.4, 0.5) is 0 Å². The molecule has 0 aliphatic rings. The Morgan fingerprint density at radius 1 is 0.275 bits per heavy atom. The van der Waals surface area contributed by atoms with E-state index in [1.54, 1.807) is 0 Å². The molecule has 0 spiro atoms. The summed E-state index contributed by atoms with van der Waals surface area (Å²) in [7, 11) is 0. The molecule has 0 unspecified atom stereocenters. The van der Waals surface area contributed by atoms with Gasteiger partial charge in [0.2, 0.25) is 0 Å². The first-order valence-corrected chi connectivity index (χ1v) is 19.4. The lowest BCUT2D eigenvalue weighted by Gasteiger charge is -2.09. The summed E-state index contributed by atoms with van der Waals surface area (Å²) in [6, 6.07) is 0. The summed E-state index contributed by atoms with van der Waals surface area (Å²) in [5.41, 5.74) is 0. The van der Waals surface area contributed by atoms with Gasteiger partial charge in [0.25, 0.3) is 0 Å². The average Bonchev–Trinajstić information content (AvgIpc) is 3.14. The lowest BCUT2D eigenvalue weighted by Crippen LogP contribution is -2.15. The Bertz CT molecular complexity index is 646. The summed E-state index contributed by atoms with van der Waals surface area (Å²) in [4.78, 5) is 11.7. The Morgan fingerprint density at radius 3 is 0.804 bits per heavy atom. The summed E-state index contributed by atoms with van der Waals surface area (Å²) in [5, 5.41) is 0. The Balaban J connectivity index is 3.09. The van der Waals surface area contributed by atoms with Crippen LogP contribution in [0.25, 0.3) is 0 Å². The van der Waals surface area contributed by atoms with Crippen molar-refractivity contribution in [1.82, 2.24) is 0 Å². The van der Waals surface area contributed by atoms with Gasteiger partial charge < -0.3 is 61.6 Å². The number of ether oxygens (including phenoxy) is 13. The fraction of sp³-hybridized carbons (Fsp3) is 0.973. The van der Waals surface area contributed by atoms with Gasteiger partial charge >= 0.3 is 5.97 Å². The van der Waals surface area contributed by atoms with Gasteiger partial charge in [-0.15, -0.1) is 0 Å². The molecule has 0 aromatic carbocycles. The highest BCUT2D eigenvalue weighted by Crippen LogP contribution is 2.07. The molecule has 0 N–H and O–H groups in total. The van der Waals surface area contributed by atoms with E-state index in [-0.39, 0.29) is 12.6 Å². The van der Waals surface area contributed by atoms with E-state index < -0.39 is 0 Å². The van der Waals surface area contributed by atoms with Crippen LogP contribution in [-0.2, 0) is 66.4 Å². The third-order valence-electron chi connectivity index (χ3n) is 6.96. The van der Waals surface area contributed by atoms with E-state index in [0.29, 0.717) is 158 Å². The van der Waals surface area contributed by atoms with Crippen molar-refractivity contribution in [3.8, 4) is 0 Å². The molecule has 0 fully saturated rings. The van der Waals surface area contributed by atoms with Gasteiger partial charge in [0.05, 0.1) is 152 Å². The van der Waals surface area contributed by atoms with Crippen LogP contribution in [0.1, 0.15) is 71.6 Å². The van der Waals surface area contributed by atoms with E-state index in [2.05, 4.69) is 13.8 Å². The van der Waals surface area contributed by atoms with Crippen molar-refractivity contribution in [1.29, 1.82) is 0 Å². The lowest BCUT2D eigenvalue weighted by molar-refractivity contribution is -0.145. The highest BCUT2D eigenvalue weighted by atomic mass is 16.6. The van der Waals surface area contributed by atoms with Crippen molar-refractivity contribution in [3.63, 3.8) is 0 Å². The van der Waals surface area contributed by atoms with Crippen LogP contribution in [0.3, 0.4) is 0 Å². The van der Waals surface area contributed by atoms with Gasteiger partial charge in [0.1, 0.15) is 6.61 Å². The molecule has 0 radical (unpaired) electrons. The van der Waals surface area contributed by atoms with Crippen molar-refractivity contribution in [2.75, 3.05) is 165 Å². The van der Waals surface area contributed by atoms with Gasteiger partial charge in [-0.3, -0.25) is 4.79 Å². The second-order valence-electron chi connectivity index (χ2n) is 11.4. The zero-order valence-corrected chi connectivity index (χ0v) is 32.3. The van der Waals surface area contributed by atoms with Crippen LogP contribution >= 0.6 is 0 Å². The summed E-state index contributed by atoms with van der Waals surface area (Å²) in [6.45, 7) is 17.2. The predicted octanol–water partition coefficient (Wildman–Crippen LogP) is 4.28. The Morgan fingerprint density at radius 2 is 0.510 bits per heavy atom. The van der Waals surface area contributed by atoms with Crippen molar-refractivity contribution >= 4 is 5.97 Å². The molecule has 0 heterocycles. The second kappa shape index (κ2) is 47.0. The van der Waals surface area contributed by atoms with Crippen molar-refractivity contribution < 1.29 is 66.4 Å². The van der Waals surface area contributed by atoms with Crippen molar-refractivity contribution in [2.45, 2.75) is 71.6 Å². The first-order valence-electron chi connectivity index (χ1n) is 19.4. The monoisotopic (exact) mass is 743 g/mol. The number of esters is 1. The molecule has 0 aliphatic carbocycles. The SMILES string of the molecule is CCCCCCCCC(=O)OCCOCCOCCOCCOCCOCCOCCOCCOCCOCCOCCOCCOCCCC. The van der Waals surface area contributed by atoms with E-state index in [4.69, 9.17) is 61.6 Å². The molecule has 0 rings (SSSR count). The first-order chi connectivity index (χ1) is 25.3. The standard InChI is InChI=1S/C37H74O14/c1-3-5-7-8-9-10-11-37(38)51-36-35-50-34-33-49-32-31-48-30-29-47-28-27-46-26-25-45-24-23-44-22-21-43-20-19-42-18-17-41-16-15-40-14-13-39-12-6-4-2/h3-36H2,1-2H3. The highest BCUT2D eigenvalue weighted by Gasteiger charge is 2.03. The van der Waals surface area contributed by atoms with Crippen LogP contribution in [0, 0.1) is 0 Å². The van der Waals surface area contributed by atoms with Gasteiger partial charge in [0.15, 0.2) is 0 Å². The molecule has 0 saturated heterocycles. The predicted molar refractivity (Wildman–Crippen MR) is 194 cm³/mol. The molecular weight excluding hydrogens is 668 g/mol. The van der Waals surface area contributed by atoms with Gasteiger partial charge in [-0.1, -0.05) is 52.4 Å². The third kappa shape index (κ3) is 47.0. The van der Waals surface area contributed by atoms with Crippen LogP contribution in [0.15, 0.2) is 0 Å². The summed E-state index contributed by atoms with van der Waals surface area (Å²) in [5.74, 6) is -0.144.